The van der Waals surface area contributed by atoms with Crippen LogP contribution in [0.5, 0.6) is 0 Å². The Kier molecular flexibility index (Phi) is 11.6. The molecule has 1 fully saturated rings. The zero-order chi connectivity index (χ0) is 31.0. The summed E-state index contributed by atoms with van der Waals surface area (Å²) >= 11 is 12.1. The number of anilines is 3. The van der Waals surface area contributed by atoms with E-state index in [4.69, 9.17) is 28.9 Å². The van der Waals surface area contributed by atoms with Crippen LogP contribution in [0.25, 0.3) is 0 Å². The summed E-state index contributed by atoms with van der Waals surface area (Å²) in [6, 6.07) is 16.7. The first-order valence-electron chi connectivity index (χ1n) is 14.5. The summed E-state index contributed by atoms with van der Waals surface area (Å²) in [5.41, 5.74) is 8.75. The lowest BCUT2D eigenvalue weighted by molar-refractivity contribution is 0.175. The Hall–Kier alpha value is -3.02. The van der Waals surface area contributed by atoms with Crippen LogP contribution in [0.4, 0.5) is 21.9 Å². The number of benzene rings is 3. The fourth-order valence-electron chi connectivity index (χ4n) is 4.90. The van der Waals surface area contributed by atoms with Crippen molar-refractivity contribution in [2.75, 3.05) is 48.1 Å². The predicted octanol–water partition coefficient (Wildman–Crippen LogP) is 6.06. The highest BCUT2D eigenvalue weighted by molar-refractivity contribution is 7.92. The molecule has 4 rings (SSSR count). The van der Waals surface area contributed by atoms with Crippen molar-refractivity contribution in [3.63, 3.8) is 0 Å². The van der Waals surface area contributed by atoms with Crippen molar-refractivity contribution in [3.8, 4) is 0 Å². The number of amides is 2. The molecule has 5 N–H and O–H groups in total. The van der Waals surface area contributed by atoms with E-state index in [1.54, 1.807) is 41.3 Å². The van der Waals surface area contributed by atoms with Crippen LogP contribution in [0.2, 0.25) is 10.0 Å². The Morgan fingerprint density at radius 1 is 0.977 bits per heavy atom. The number of nitrogens with one attached hydrogen (secondary N) is 2. The van der Waals surface area contributed by atoms with E-state index in [9.17, 15) is 18.3 Å². The topological polar surface area (TPSA) is 128 Å². The van der Waals surface area contributed by atoms with Gasteiger partial charge in [-0.1, -0.05) is 61.5 Å². The zero-order valence-corrected chi connectivity index (χ0v) is 26.6. The molecule has 1 atom stereocenters. The van der Waals surface area contributed by atoms with Crippen LogP contribution in [-0.2, 0) is 16.4 Å². The van der Waals surface area contributed by atoms with E-state index >= 15 is 0 Å². The van der Waals surface area contributed by atoms with Crippen molar-refractivity contribution in [2.45, 2.75) is 50.0 Å². The largest absolute Gasteiger partial charge is 0.396 e. The first-order valence-corrected chi connectivity index (χ1v) is 16.7. The maximum atomic E-state index is 13.0. The molecule has 0 bridgehead atoms. The van der Waals surface area contributed by atoms with E-state index in [0.29, 0.717) is 59.6 Å². The van der Waals surface area contributed by atoms with Gasteiger partial charge in [0.05, 0.1) is 26.7 Å². The molecule has 1 saturated heterocycles. The van der Waals surface area contributed by atoms with Gasteiger partial charge in [-0.25, -0.2) is 13.2 Å². The molecule has 3 aromatic carbocycles. The minimum atomic E-state index is -3.80. The first kappa shape index (κ1) is 32.9. The minimum absolute atomic E-state index is 0.0340. The quantitative estimate of drug-likeness (QED) is 0.117. The summed E-state index contributed by atoms with van der Waals surface area (Å²) in [4.78, 5) is 16.5. The fraction of sp³-hybridized carbons (Fsp3) is 0.387. The van der Waals surface area contributed by atoms with E-state index in [2.05, 4.69) is 17.0 Å². The van der Waals surface area contributed by atoms with Crippen LogP contribution in [-0.4, -0.2) is 57.2 Å². The van der Waals surface area contributed by atoms with E-state index in [0.717, 1.165) is 31.4 Å². The standard InChI is InChI=1S/C31H39Cl2N5O4S/c1-2-3-4-5-16-37-17-18-38(31(37)40)25-10-12-26(13-11-25)43(41,42)36-24-8-6-22(7-9-24)14-15-35-21-29(39)23-19-27(32)30(34)28(33)20-23/h6-13,19-20,29,35-36,39H,2-5,14-18,21,34H2,1H3. The number of aliphatic hydroxyl groups is 1. The van der Waals surface area contributed by atoms with Crippen LogP contribution in [0, 0.1) is 0 Å². The highest BCUT2D eigenvalue weighted by Gasteiger charge is 2.29. The minimum Gasteiger partial charge on any atom is -0.396 e. The predicted molar refractivity (Wildman–Crippen MR) is 175 cm³/mol. The van der Waals surface area contributed by atoms with Crippen molar-refractivity contribution in [2.24, 2.45) is 0 Å². The van der Waals surface area contributed by atoms with Crippen LogP contribution >= 0.6 is 23.2 Å². The number of unbranched alkanes of at least 4 members (excludes halogenated alkanes) is 3. The summed E-state index contributed by atoms with van der Waals surface area (Å²) in [7, 11) is -3.80. The molecule has 3 aromatic rings. The monoisotopic (exact) mass is 647 g/mol. The van der Waals surface area contributed by atoms with Crippen LogP contribution in [0.3, 0.4) is 0 Å². The zero-order valence-electron chi connectivity index (χ0n) is 24.2. The number of nitrogens with zero attached hydrogens (tertiary/aromatic N) is 2. The number of sulfonamides is 1. The first-order chi connectivity index (χ1) is 20.6. The number of hydrogen-bond acceptors (Lipinski definition) is 6. The highest BCUT2D eigenvalue weighted by Crippen LogP contribution is 2.31. The number of hydrogen-bond donors (Lipinski definition) is 4. The maximum absolute atomic E-state index is 13.0. The number of halogens is 2. The average molecular weight is 649 g/mol. The van der Waals surface area contributed by atoms with E-state index < -0.39 is 16.1 Å². The summed E-state index contributed by atoms with van der Waals surface area (Å²) in [6.45, 7) is 5.08. The molecule has 0 spiro atoms. The number of carbonyl (C=O) groups excluding carboxylic acids is 1. The number of rotatable bonds is 15. The van der Waals surface area contributed by atoms with E-state index in [1.165, 1.54) is 18.6 Å². The Labute approximate surface area is 264 Å². The van der Waals surface area contributed by atoms with Gasteiger partial charge in [0.15, 0.2) is 0 Å². The second kappa shape index (κ2) is 15.1. The summed E-state index contributed by atoms with van der Waals surface area (Å²) in [5.74, 6) is 0. The molecule has 1 unspecified atom stereocenters. The lowest BCUT2D eigenvalue weighted by Gasteiger charge is -2.19. The highest BCUT2D eigenvalue weighted by atomic mass is 35.5. The molecule has 232 valence electrons. The fourth-order valence-corrected chi connectivity index (χ4v) is 6.47. The summed E-state index contributed by atoms with van der Waals surface area (Å²) < 4.78 is 28.6. The van der Waals surface area contributed by atoms with Gasteiger partial charge in [-0.3, -0.25) is 9.62 Å². The third kappa shape index (κ3) is 8.77. The molecule has 0 aliphatic carbocycles. The number of urea groups is 1. The molecule has 1 aliphatic rings. The van der Waals surface area contributed by atoms with Gasteiger partial charge in [-0.15, -0.1) is 0 Å². The number of nitrogens with two attached hydrogens (primary N) is 1. The molecule has 2 amide bonds. The van der Waals surface area contributed by atoms with Crippen molar-refractivity contribution in [1.29, 1.82) is 0 Å². The second-order valence-electron chi connectivity index (χ2n) is 10.6. The Morgan fingerprint density at radius 2 is 1.65 bits per heavy atom. The van der Waals surface area contributed by atoms with E-state index in [-0.39, 0.29) is 16.6 Å². The van der Waals surface area contributed by atoms with Gasteiger partial charge in [0.25, 0.3) is 10.0 Å². The molecule has 12 heteroatoms. The third-order valence-corrected chi connectivity index (χ3v) is 9.48. The van der Waals surface area contributed by atoms with Crippen molar-refractivity contribution >= 4 is 56.3 Å². The van der Waals surface area contributed by atoms with Gasteiger partial charge < -0.3 is 21.1 Å². The summed E-state index contributed by atoms with van der Waals surface area (Å²) in [6.07, 6.45) is 4.31. The molecule has 1 heterocycles. The number of aliphatic hydroxyl groups excluding tert-OH is 1. The van der Waals surface area contributed by atoms with Gasteiger partial charge in [-0.2, -0.15) is 0 Å². The lowest BCUT2D eigenvalue weighted by atomic mass is 10.1. The molecule has 0 saturated carbocycles. The molecule has 1 aliphatic heterocycles. The van der Waals surface area contributed by atoms with Crippen LogP contribution < -0.4 is 20.7 Å². The van der Waals surface area contributed by atoms with Gasteiger partial charge in [-0.05, 0) is 79.0 Å². The van der Waals surface area contributed by atoms with Crippen LogP contribution in [0.15, 0.2) is 65.6 Å². The number of nitrogen functional groups attached to an aromatic ring is 1. The second-order valence-corrected chi connectivity index (χ2v) is 13.1. The Bertz CT molecular complexity index is 1460. The Morgan fingerprint density at radius 3 is 2.30 bits per heavy atom. The average Bonchev–Trinajstić information content (AvgIpc) is 3.36. The molecule has 0 radical (unpaired) electrons. The maximum Gasteiger partial charge on any atom is 0.324 e. The smallest absolute Gasteiger partial charge is 0.324 e. The number of carbonyl (C=O) groups is 1. The van der Waals surface area contributed by atoms with Gasteiger partial charge >= 0.3 is 6.03 Å². The van der Waals surface area contributed by atoms with Crippen molar-refractivity contribution < 1.29 is 18.3 Å². The lowest BCUT2D eigenvalue weighted by Crippen LogP contribution is -2.32. The Balaban J connectivity index is 1.24. The molecular formula is C31H39Cl2N5O4S. The molecule has 9 nitrogen and oxygen atoms in total. The third-order valence-electron chi connectivity index (χ3n) is 7.46. The SMILES string of the molecule is CCCCCCN1CCN(c2ccc(S(=O)(=O)Nc3ccc(CCNCC(O)c4cc(Cl)c(N)c(Cl)c4)cc3)cc2)C1=O. The van der Waals surface area contributed by atoms with Gasteiger partial charge in [0.1, 0.15) is 0 Å². The van der Waals surface area contributed by atoms with Crippen molar-refractivity contribution in [1.82, 2.24) is 10.2 Å². The molecule has 0 aromatic heterocycles. The van der Waals surface area contributed by atoms with Gasteiger partial charge in [0, 0.05) is 37.6 Å². The normalized spacial score (nSPS) is 14.4. The van der Waals surface area contributed by atoms with E-state index in [1.807, 2.05) is 17.0 Å². The molecule has 43 heavy (non-hydrogen) atoms. The summed E-state index contributed by atoms with van der Waals surface area (Å²) in [5, 5.41) is 14.2. The van der Waals surface area contributed by atoms with Crippen molar-refractivity contribution in [3.05, 3.63) is 81.8 Å². The molecular weight excluding hydrogens is 609 g/mol. The van der Waals surface area contributed by atoms with Crippen LogP contribution in [0.1, 0.15) is 49.8 Å². The van der Waals surface area contributed by atoms with Gasteiger partial charge in [0.2, 0.25) is 0 Å².